The van der Waals surface area contributed by atoms with E-state index in [-0.39, 0.29) is 29.9 Å². The minimum absolute atomic E-state index is 0.0790. The summed E-state index contributed by atoms with van der Waals surface area (Å²) in [7, 11) is -0.856. The van der Waals surface area contributed by atoms with E-state index >= 15 is 0 Å². The molecule has 0 aliphatic carbocycles. The second-order valence-electron chi connectivity index (χ2n) is 20.6. The fourth-order valence-electron chi connectivity index (χ4n) is 10.4. The van der Waals surface area contributed by atoms with Crippen molar-refractivity contribution >= 4 is 30.4 Å². The highest BCUT2D eigenvalue weighted by atomic mass is 32.2. The van der Waals surface area contributed by atoms with E-state index in [1.54, 1.807) is 25.0 Å². The maximum absolute atomic E-state index is 14.9. The largest absolute Gasteiger partial charge is 0.497 e. The minimum atomic E-state index is -4.06. The van der Waals surface area contributed by atoms with Gasteiger partial charge >= 0.3 is 13.4 Å². The van der Waals surface area contributed by atoms with Gasteiger partial charge in [0.15, 0.2) is 11.3 Å². The van der Waals surface area contributed by atoms with Crippen LogP contribution in [-0.2, 0) is 39.0 Å². The van der Waals surface area contributed by atoms with Crippen LogP contribution in [0.2, 0.25) is 0 Å². The number of ether oxygens (including phenoxy) is 4. The van der Waals surface area contributed by atoms with Crippen molar-refractivity contribution in [2.45, 2.75) is 75.2 Å². The Kier molecular flexibility index (Phi) is 18.1. The molecule has 2 fully saturated rings. The van der Waals surface area contributed by atoms with Gasteiger partial charge in [-0.05, 0) is 97.3 Å². The molecular weight excluding hydrogens is 1040 g/mol. The van der Waals surface area contributed by atoms with Gasteiger partial charge in [0, 0.05) is 25.0 Å². The second-order valence-corrected chi connectivity index (χ2v) is 23.7. The van der Waals surface area contributed by atoms with E-state index in [2.05, 4.69) is 10.3 Å². The van der Waals surface area contributed by atoms with Crippen molar-refractivity contribution in [3.8, 4) is 11.5 Å². The van der Waals surface area contributed by atoms with E-state index in [0.29, 0.717) is 24.6 Å². The van der Waals surface area contributed by atoms with E-state index in [9.17, 15) is 24.4 Å². The molecule has 2 unspecified atom stereocenters. The number of hydrogen-bond acceptors (Lipinski definition) is 14. The Morgan fingerprint density at radius 1 is 0.722 bits per heavy atom. The molecule has 5 atom stereocenters. The van der Waals surface area contributed by atoms with Crippen molar-refractivity contribution in [2.75, 3.05) is 58.2 Å². The van der Waals surface area contributed by atoms with E-state index in [0.717, 1.165) is 69.0 Å². The first-order chi connectivity index (χ1) is 38.1. The minimum Gasteiger partial charge on any atom is -0.497 e. The number of carbonyl (C=O) groups excluding carboxylic acids is 1. The number of piperidine rings is 1. The summed E-state index contributed by atoms with van der Waals surface area (Å²) in [6.45, 7) is 5.49. The summed E-state index contributed by atoms with van der Waals surface area (Å²) in [6, 6.07) is 56.6. The summed E-state index contributed by atoms with van der Waals surface area (Å²) in [5, 5.41) is 27.0. The molecule has 0 amide bonds. The van der Waals surface area contributed by atoms with Crippen LogP contribution in [-0.4, -0.2) is 100 Å². The first kappa shape index (κ1) is 57.3. The smallest absolute Gasteiger partial charge is 0.408 e. The molecule has 2 aliphatic heterocycles. The van der Waals surface area contributed by atoms with E-state index < -0.39 is 60.6 Å². The lowest BCUT2D eigenvalue weighted by Gasteiger charge is -2.38. The second kappa shape index (κ2) is 24.9. The van der Waals surface area contributed by atoms with Gasteiger partial charge in [0.25, 0.3) is 0 Å². The Morgan fingerprint density at radius 2 is 1.20 bits per heavy atom. The number of nitrogens with one attached hydrogen (secondary N) is 1. The third kappa shape index (κ3) is 12.2. The Morgan fingerprint density at radius 3 is 1.68 bits per heavy atom. The van der Waals surface area contributed by atoms with Crippen molar-refractivity contribution in [3.05, 3.63) is 226 Å². The van der Waals surface area contributed by atoms with Gasteiger partial charge in [-0.15, -0.1) is 0 Å². The van der Waals surface area contributed by atoms with Crippen LogP contribution in [0, 0.1) is 5.41 Å². The van der Waals surface area contributed by atoms with Crippen molar-refractivity contribution in [3.63, 3.8) is 0 Å². The van der Waals surface area contributed by atoms with Crippen LogP contribution in [0.15, 0.2) is 187 Å². The standard InChI is InChI=1S/C62H69N4O11PS/c1-59(2,44-74-62(48-23-13-7-14-24-48,49-25-15-8-16-26-49)50-27-17-9-18-28-50)57(68)79-42-41-75-78(71,65-38-19-10-20-39-65)76-43-53-55(67)60(3,70)56(77-53)66-40-37-54(63-58(66)69)64-61(45-21-11-6-12-22-45,46-29-33-51(72-4)34-30-46)47-31-35-52(73-5)36-32-47/h6-9,11-18,21-37,40,53,55-56,67,70H,10,19-20,38-39,41-44H2,1-5H3,(H,63,64,69)/t53-,55?,56-,60+,78?/m1/s1. The number of aliphatic hydroxyl groups is 2. The van der Waals surface area contributed by atoms with Crippen LogP contribution in [0.4, 0.5) is 5.82 Å². The Labute approximate surface area is 466 Å². The van der Waals surface area contributed by atoms with Crippen molar-refractivity contribution < 1.29 is 47.6 Å². The maximum atomic E-state index is 14.9. The summed E-state index contributed by atoms with van der Waals surface area (Å²) >= 11 is 1.07. The highest BCUT2D eigenvalue weighted by Gasteiger charge is 2.54. The molecule has 0 radical (unpaired) electrons. The van der Waals surface area contributed by atoms with Gasteiger partial charge in [-0.2, -0.15) is 4.98 Å². The van der Waals surface area contributed by atoms with Crippen molar-refractivity contribution in [2.24, 2.45) is 5.41 Å². The lowest BCUT2D eigenvalue weighted by atomic mass is 9.77. The molecular formula is C62H69N4O11PS. The summed E-state index contributed by atoms with van der Waals surface area (Å²) < 4.78 is 54.2. The summed E-state index contributed by atoms with van der Waals surface area (Å²) in [5.74, 6) is 1.70. The molecule has 15 nitrogen and oxygen atoms in total. The fourth-order valence-corrected chi connectivity index (χ4v) is 13.2. The number of rotatable bonds is 23. The topological polar surface area (TPSA) is 180 Å². The van der Waals surface area contributed by atoms with Crippen LogP contribution in [0.5, 0.6) is 11.5 Å². The predicted molar refractivity (Wildman–Crippen MR) is 306 cm³/mol. The lowest BCUT2D eigenvalue weighted by Crippen LogP contribution is -2.46. The molecule has 1 aromatic heterocycles. The quantitative estimate of drug-likeness (QED) is 0.0313. The third-order valence-electron chi connectivity index (χ3n) is 14.8. The number of nitrogens with zero attached hydrogens (tertiary/aromatic N) is 3. The number of aliphatic hydroxyl groups excluding tert-OH is 1. The van der Waals surface area contributed by atoms with Gasteiger partial charge in [-0.3, -0.25) is 18.4 Å². The Hall–Kier alpha value is -6.43. The van der Waals surface area contributed by atoms with Gasteiger partial charge in [-0.25, -0.2) is 14.0 Å². The van der Waals surface area contributed by atoms with Crippen LogP contribution in [0.1, 0.15) is 79.6 Å². The van der Waals surface area contributed by atoms with Crippen molar-refractivity contribution in [1.82, 2.24) is 14.2 Å². The number of carbonyl (C=O) groups is 1. The number of hydrogen-bond donors (Lipinski definition) is 3. The number of thioether (sulfide) groups is 1. The highest BCUT2D eigenvalue weighted by Crippen LogP contribution is 2.54. The molecule has 3 N–H and O–H groups in total. The van der Waals surface area contributed by atoms with Crippen LogP contribution >= 0.6 is 19.5 Å². The molecule has 0 saturated carbocycles. The fraction of sp³-hybridized carbons (Fsp3) is 0.339. The SMILES string of the molecule is COc1ccc(C(Nc2ccn([C@@H]3O[C@H](COP(=O)(OCCSC(=O)C(C)(C)COC(c4ccccc4)(c4ccccc4)c4ccccc4)N4CCCCC4)C(O)[C@]3(C)O)c(=O)n2)(c2ccccc2)c2ccc(OC)cc2)cc1. The molecule has 9 rings (SSSR count). The number of benzene rings is 6. The summed E-state index contributed by atoms with van der Waals surface area (Å²) in [6.07, 6.45) is -0.326. The molecule has 2 saturated heterocycles. The number of anilines is 1. The monoisotopic (exact) mass is 1110 g/mol. The van der Waals surface area contributed by atoms with E-state index in [1.807, 2.05) is 184 Å². The van der Waals surface area contributed by atoms with Crippen LogP contribution in [0.25, 0.3) is 0 Å². The average molecular weight is 1110 g/mol. The Bertz CT molecular complexity index is 3060. The van der Waals surface area contributed by atoms with E-state index in [1.165, 1.54) is 13.1 Å². The molecule has 0 bridgehead atoms. The number of aromatic nitrogens is 2. The molecule has 6 aromatic carbocycles. The zero-order chi connectivity index (χ0) is 55.7. The normalized spacial score (nSPS) is 19.8. The van der Waals surface area contributed by atoms with E-state index in [4.69, 9.17) is 28.0 Å². The number of methoxy groups -OCH3 is 2. The molecule has 79 heavy (non-hydrogen) atoms. The first-order valence-electron chi connectivity index (χ1n) is 26.5. The van der Waals surface area contributed by atoms with Gasteiger partial charge < -0.3 is 34.5 Å². The molecule has 0 spiro atoms. The first-order valence-corrected chi connectivity index (χ1v) is 29.0. The summed E-state index contributed by atoms with van der Waals surface area (Å²) in [5.41, 5.74) is -0.608. The Balaban J connectivity index is 0.886. The highest BCUT2D eigenvalue weighted by molar-refractivity contribution is 8.13. The lowest BCUT2D eigenvalue weighted by molar-refractivity contribution is -0.124. The van der Waals surface area contributed by atoms with Gasteiger partial charge in [0.2, 0.25) is 0 Å². The maximum Gasteiger partial charge on any atom is 0.408 e. The molecule has 7 aromatic rings. The molecule has 414 valence electrons. The van der Waals surface area contributed by atoms with Gasteiger partial charge in [0.1, 0.15) is 46.3 Å². The van der Waals surface area contributed by atoms with Crippen LogP contribution < -0.4 is 20.5 Å². The average Bonchev–Trinajstić information content (AvgIpc) is 3.96. The molecule has 17 heteroatoms. The van der Waals surface area contributed by atoms with Crippen molar-refractivity contribution in [1.29, 1.82) is 0 Å². The molecule has 2 aliphatic rings. The zero-order valence-corrected chi connectivity index (χ0v) is 46.9. The molecule has 3 heterocycles. The third-order valence-corrected chi connectivity index (χ3v) is 18.1. The van der Waals surface area contributed by atoms with Crippen LogP contribution in [0.3, 0.4) is 0 Å². The summed E-state index contributed by atoms with van der Waals surface area (Å²) in [4.78, 5) is 32.8. The van der Waals surface area contributed by atoms with Gasteiger partial charge in [-0.1, -0.05) is 164 Å². The zero-order valence-electron chi connectivity index (χ0n) is 45.2. The predicted octanol–water partition coefficient (Wildman–Crippen LogP) is 10.6. The van der Waals surface area contributed by atoms with Gasteiger partial charge in [0.05, 0.1) is 39.5 Å².